The molecular formula is C48H87NO7P+. The molecule has 2 unspecified atom stereocenters. The molecule has 2 atom stereocenters. The van der Waals surface area contributed by atoms with E-state index in [4.69, 9.17) is 18.5 Å². The maximum atomic E-state index is 12.7. The van der Waals surface area contributed by atoms with E-state index in [-0.39, 0.29) is 25.8 Å². The summed E-state index contributed by atoms with van der Waals surface area (Å²) in [6.07, 6.45) is 52.5. The van der Waals surface area contributed by atoms with E-state index in [1.165, 1.54) is 89.9 Å². The number of allylic oxidation sites excluding steroid dienone is 11. The van der Waals surface area contributed by atoms with E-state index in [1.807, 2.05) is 21.1 Å². The molecule has 0 amide bonds. The van der Waals surface area contributed by atoms with Crippen LogP contribution in [0.15, 0.2) is 72.9 Å². The maximum Gasteiger partial charge on any atom is 0.472 e. The summed E-state index contributed by atoms with van der Waals surface area (Å²) in [7, 11) is 1.61. The summed E-state index contributed by atoms with van der Waals surface area (Å²) in [6.45, 7) is 5.26. The van der Waals surface area contributed by atoms with Gasteiger partial charge in [0, 0.05) is 6.42 Å². The maximum absolute atomic E-state index is 12.7. The van der Waals surface area contributed by atoms with E-state index in [1.54, 1.807) is 0 Å². The average molecular weight is 821 g/mol. The normalized spacial score (nSPS) is 14.4. The topological polar surface area (TPSA) is 91.3 Å². The lowest BCUT2D eigenvalue weighted by molar-refractivity contribution is -0.870. The summed E-state index contributed by atoms with van der Waals surface area (Å²) < 4.78 is 34.9. The van der Waals surface area contributed by atoms with Crippen molar-refractivity contribution in [2.75, 3.05) is 54.1 Å². The molecule has 0 aromatic rings. The van der Waals surface area contributed by atoms with E-state index < -0.39 is 13.9 Å². The molecule has 0 radical (unpaired) electrons. The quantitative estimate of drug-likeness (QED) is 0.0216. The molecule has 0 aliphatic rings. The highest BCUT2D eigenvalue weighted by atomic mass is 31.2. The number of ether oxygens (including phenoxy) is 2. The fourth-order valence-corrected chi connectivity index (χ4v) is 6.53. The van der Waals surface area contributed by atoms with Crippen molar-refractivity contribution in [1.29, 1.82) is 0 Å². The van der Waals surface area contributed by atoms with Gasteiger partial charge in [0.05, 0.1) is 41.0 Å². The second-order valence-electron chi connectivity index (χ2n) is 16.0. The Labute approximate surface area is 351 Å². The molecule has 0 bridgehead atoms. The van der Waals surface area contributed by atoms with Crippen LogP contribution in [0.25, 0.3) is 0 Å². The van der Waals surface area contributed by atoms with Crippen LogP contribution in [0.4, 0.5) is 0 Å². The van der Waals surface area contributed by atoms with Gasteiger partial charge in [0.1, 0.15) is 19.3 Å². The molecule has 8 nitrogen and oxygen atoms in total. The predicted octanol–water partition coefficient (Wildman–Crippen LogP) is 13.5. The third-order valence-corrected chi connectivity index (χ3v) is 10.3. The lowest BCUT2D eigenvalue weighted by atomic mass is 10.1. The van der Waals surface area contributed by atoms with Gasteiger partial charge < -0.3 is 18.9 Å². The molecule has 0 spiro atoms. The highest BCUT2D eigenvalue weighted by molar-refractivity contribution is 7.47. The van der Waals surface area contributed by atoms with E-state index in [9.17, 15) is 14.3 Å². The number of rotatable bonds is 41. The first-order valence-corrected chi connectivity index (χ1v) is 24.2. The number of carbonyl (C=O) groups is 1. The monoisotopic (exact) mass is 821 g/mol. The Morgan fingerprint density at radius 1 is 0.561 bits per heavy atom. The number of likely N-dealkylation sites (N-methyl/N-ethyl adjacent to an activating group) is 1. The Morgan fingerprint density at radius 3 is 1.53 bits per heavy atom. The van der Waals surface area contributed by atoms with Gasteiger partial charge in [0.2, 0.25) is 0 Å². The summed E-state index contributed by atoms with van der Waals surface area (Å²) in [5.41, 5.74) is 0. The van der Waals surface area contributed by atoms with Crippen LogP contribution >= 0.6 is 7.82 Å². The molecule has 0 aromatic carbocycles. The van der Waals surface area contributed by atoms with Crippen LogP contribution in [0, 0.1) is 0 Å². The first-order chi connectivity index (χ1) is 27.6. The van der Waals surface area contributed by atoms with Gasteiger partial charge in [-0.25, -0.2) is 4.57 Å². The van der Waals surface area contributed by atoms with Crippen LogP contribution in [-0.2, 0) is 27.9 Å². The summed E-state index contributed by atoms with van der Waals surface area (Å²) in [5, 5.41) is 0. The van der Waals surface area contributed by atoms with Gasteiger partial charge in [-0.2, -0.15) is 0 Å². The summed E-state index contributed by atoms with van der Waals surface area (Å²) in [5.74, 6) is -0.343. The number of nitrogens with zero attached hydrogens (tertiary/aromatic N) is 1. The zero-order valence-electron chi connectivity index (χ0n) is 37.3. The molecule has 57 heavy (non-hydrogen) atoms. The highest BCUT2D eigenvalue weighted by Crippen LogP contribution is 2.43. The van der Waals surface area contributed by atoms with Crippen LogP contribution in [0.3, 0.4) is 0 Å². The molecular weight excluding hydrogens is 734 g/mol. The van der Waals surface area contributed by atoms with Crippen molar-refractivity contribution in [3.05, 3.63) is 72.9 Å². The summed E-state index contributed by atoms with van der Waals surface area (Å²) in [4.78, 5) is 22.9. The molecule has 0 saturated heterocycles. The van der Waals surface area contributed by atoms with E-state index in [0.717, 1.165) is 51.4 Å². The van der Waals surface area contributed by atoms with Gasteiger partial charge >= 0.3 is 13.8 Å². The summed E-state index contributed by atoms with van der Waals surface area (Å²) >= 11 is 0. The van der Waals surface area contributed by atoms with Gasteiger partial charge in [-0.1, -0.05) is 164 Å². The van der Waals surface area contributed by atoms with Gasteiger partial charge in [-0.05, 0) is 70.6 Å². The van der Waals surface area contributed by atoms with Gasteiger partial charge in [0.15, 0.2) is 0 Å². The smallest absolute Gasteiger partial charge is 0.457 e. The van der Waals surface area contributed by atoms with Gasteiger partial charge in [-0.3, -0.25) is 13.8 Å². The lowest BCUT2D eigenvalue weighted by Gasteiger charge is -2.24. The molecule has 330 valence electrons. The number of hydrogen-bond acceptors (Lipinski definition) is 6. The van der Waals surface area contributed by atoms with Crippen LogP contribution in [-0.4, -0.2) is 75.6 Å². The number of unbranched alkanes of at least 4 members (excludes halogenated alkanes) is 15. The number of esters is 1. The van der Waals surface area contributed by atoms with Crippen molar-refractivity contribution in [2.45, 2.75) is 174 Å². The van der Waals surface area contributed by atoms with Crippen molar-refractivity contribution >= 4 is 13.8 Å². The van der Waals surface area contributed by atoms with E-state index in [2.05, 4.69) is 86.8 Å². The van der Waals surface area contributed by atoms with Crippen molar-refractivity contribution in [3.8, 4) is 0 Å². The molecule has 0 rings (SSSR count). The lowest BCUT2D eigenvalue weighted by Crippen LogP contribution is -2.37. The van der Waals surface area contributed by atoms with Crippen molar-refractivity contribution < 1.29 is 37.3 Å². The first kappa shape index (κ1) is 54.9. The molecule has 0 aromatic heterocycles. The van der Waals surface area contributed by atoms with Gasteiger partial charge in [-0.15, -0.1) is 0 Å². The van der Waals surface area contributed by atoms with Crippen LogP contribution in [0.1, 0.15) is 168 Å². The number of phosphoric ester groups is 1. The third-order valence-electron chi connectivity index (χ3n) is 9.27. The first-order valence-electron chi connectivity index (χ1n) is 22.7. The number of quaternary nitrogens is 1. The average Bonchev–Trinajstić information content (AvgIpc) is 3.16. The zero-order valence-corrected chi connectivity index (χ0v) is 38.2. The molecule has 0 fully saturated rings. The van der Waals surface area contributed by atoms with Crippen LogP contribution < -0.4 is 0 Å². The van der Waals surface area contributed by atoms with Crippen LogP contribution in [0.2, 0.25) is 0 Å². The molecule has 0 aliphatic carbocycles. The molecule has 1 N–H and O–H groups in total. The number of hydrogen-bond donors (Lipinski definition) is 1. The molecule has 9 heteroatoms. The number of carbonyl (C=O) groups excluding carboxylic acids is 1. The Bertz CT molecular complexity index is 1140. The Balaban J connectivity index is 4.32. The minimum atomic E-state index is -4.30. The molecule has 0 aliphatic heterocycles. The second kappa shape index (κ2) is 40.7. The largest absolute Gasteiger partial charge is 0.472 e. The third kappa shape index (κ3) is 44.9. The minimum Gasteiger partial charge on any atom is -0.457 e. The van der Waals surface area contributed by atoms with Crippen molar-refractivity contribution in [1.82, 2.24) is 0 Å². The van der Waals surface area contributed by atoms with Crippen LogP contribution in [0.5, 0.6) is 0 Å². The highest BCUT2D eigenvalue weighted by Gasteiger charge is 2.26. The van der Waals surface area contributed by atoms with Gasteiger partial charge in [0.25, 0.3) is 0 Å². The molecule has 0 heterocycles. The Hall–Kier alpha value is -2.06. The fourth-order valence-electron chi connectivity index (χ4n) is 5.79. The van der Waals surface area contributed by atoms with E-state index >= 15 is 0 Å². The van der Waals surface area contributed by atoms with Crippen molar-refractivity contribution in [2.24, 2.45) is 0 Å². The fraction of sp³-hybridized carbons (Fsp3) is 0.729. The Morgan fingerprint density at radius 2 is 1.02 bits per heavy atom. The minimum absolute atomic E-state index is 0.0719. The zero-order chi connectivity index (χ0) is 42.0. The second-order valence-corrected chi connectivity index (χ2v) is 17.5. The summed E-state index contributed by atoms with van der Waals surface area (Å²) in [6, 6.07) is 0. The Kier molecular flexibility index (Phi) is 39.2. The predicted molar refractivity (Wildman–Crippen MR) is 242 cm³/mol. The number of phosphoric acid groups is 1. The van der Waals surface area contributed by atoms with E-state index in [0.29, 0.717) is 30.5 Å². The molecule has 0 saturated carbocycles. The standard InChI is InChI=1S/C48H86NO7P/c1-6-8-10-12-14-16-18-20-22-24-25-26-27-29-31-33-35-37-39-41-48(50)56-47(46-55-57(51,52)54-44-42-49(3,4)5)45-53-43-40-38-36-34-32-30-28-23-21-19-17-15-13-11-9-7-2/h9,11,15,17,20-23,30,32,36,38,47H,6-8,10,12-14,16,18-19,24-29,31,33-35,37,39-46H2,1-5H3/p+1/b11-9-,17-15-,22-20-,23-21-,32-30-,38-36-. The van der Waals surface area contributed by atoms with Crippen molar-refractivity contribution in [3.63, 3.8) is 0 Å². The SMILES string of the molecule is CC/C=C\C/C=C\C/C=C\C/C=C\C/C=C\CCOCC(COP(=O)(O)OCC[N+](C)(C)C)OC(=O)CCCCCCCCCCC/C=C\CCCCCCCC.